The van der Waals surface area contributed by atoms with Crippen molar-refractivity contribution < 1.29 is 9.47 Å². The number of rotatable bonds is 7. The van der Waals surface area contributed by atoms with E-state index in [1.54, 1.807) is 14.2 Å². The number of nitrogens with zero attached hydrogens (tertiary/aromatic N) is 2. The second-order valence-electron chi connectivity index (χ2n) is 5.28. The van der Waals surface area contributed by atoms with Crippen LogP contribution in [0, 0.1) is 0 Å². The molecule has 124 valence electrons. The number of nitrogens with one attached hydrogen (secondary N) is 2. The SMILES string of the molecule is COc1ccc(OC)c(Nc2n[nH]c(CCc3ccccc3)n2)c1. The van der Waals surface area contributed by atoms with Gasteiger partial charge in [0.15, 0.2) is 0 Å². The lowest BCUT2D eigenvalue weighted by molar-refractivity contribution is 0.405. The third-order valence-corrected chi connectivity index (χ3v) is 3.68. The number of aryl methyl sites for hydroxylation is 2. The predicted octanol–water partition coefficient (Wildman–Crippen LogP) is 3.35. The van der Waals surface area contributed by atoms with Gasteiger partial charge in [0.25, 0.3) is 0 Å². The number of methoxy groups -OCH3 is 2. The molecule has 2 N–H and O–H groups in total. The van der Waals surface area contributed by atoms with Gasteiger partial charge in [-0.3, -0.25) is 5.10 Å². The molecular weight excluding hydrogens is 304 g/mol. The van der Waals surface area contributed by atoms with E-state index in [1.807, 2.05) is 36.4 Å². The van der Waals surface area contributed by atoms with Gasteiger partial charge in [0.2, 0.25) is 5.95 Å². The maximum absolute atomic E-state index is 5.35. The number of anilines is 2. The Morgan fingerprint density at radius 1 is 1.00 bits per heavy atom. The molecule has 0 unspecified atom stereocenters. The van der Waals surface area contributed by atoms with E-state index in [-0.39, 0.29) is 0 Å². The largest absolute Gasteiger partial charge is 0.497 e. The van der Waals surface area contributed by atoms with E-state index in [9.17, 15) is 0 Å². The number of aromatic nitrogens is 3. The van der Waals surface area contributed by atoms with Crippen LogP contribution >= 0.6 is 0 Å². The summed E-state index contributed by atoms with van der Waals surface area (Å²) in [7, 11) is 3.25. The van der Waals surface area contributed by atoms with E-state index in [4.69, 9.17) is 9.47 Å². The molecule has 0 saturated heterocycles. The molecule has 0 atom stereocenters. The van der Waals surface area contributed by atoms with Gasteiger partial charge in [0, 0.05) is 12.5 Å². The average Bonchev–Trinajstić information content (AvgIpc) is 3.08. The minimum Gasteiger partial charge on any atom is -0.497 e. The van der Waals surface area contributed by atoms with Gasteiger partial charge >= 0.3 is 0 Å². The topological polar surface area (TPSA) is 72.1 Å². The lowest BCUT2D eigenvalue weighted by Gasteiger charge is -2.10. The third-order valence-electron chi connectivity index (χ3n) is 3.68. The minimum absolute atomic E-state index is 0.504. The fraction of sp³-hybridized carbons (Fsp3) is 0.222. The van der Waals surface area contributed by atoms with E-state index >= 15 is 0 Å². The van der Waals surface area contributed by atoms with Crippen LogP contribution < -0.4 is 14.8 Å². The van der Waals surface area contributed by atoms with E-state index < -0.39 is 0 Å². The maximum atomic E-state index is 5.35. The molecule has 0 aliphatic rings. The van der Waals surface area contributed by atoms with Crippen molar-refractivity contribution in [2.24, 2.45) is 0 Å². The van der Waals surface area contributed by atoms with Crippen LogP contribution in [0.5, 0.6) is 11.5 Å². The summed E-state index contributed by atoms with van der Waals surface area (Å²) in [5.41, 5.74) is 2.03. The molecule has 0 saturated carbocycles. The summed E-state index contributed by atoms with van der Waals surface area (Å²) in [6.07, 6.45) is 1.71. The zero-order chi connectivity index (χ0) is 16.8. The molecule has 6 heteroatoms. The Kier molecular flexibility index (Phi) is 4.96. The summed E-state index contributed by atoms with van der Waals surface area (Å²) in [6, 6.07) is 15.8. The number of hydrogen-bond donors (Lipinski definition) is 2. The summed E-state index contributed by atoms with van der Waals surface area (Å²) < 4.78 is 10.6. The number of H-pyrrole nitrogens is 1. The van der Waals surface area contributed by atoms with Crippen molar-refractivity contribution in [1.82, 2.24) is 15.2 Å². The summed E-state index contributed by atoms with van der Waals surface area (Å²) in [6.45, 7) is 0. The molecule has 1 heterocycles. The van der Waals surface area contributed by atoms with Gasteiger partial charge < -0.3 is 14.8 Å². The number of benzene rings is 2. The van der Waals surface area contributed by atoms with Crippen LogP contribution in [0.4, 0.5) is 11.6 Å². The fourth-order valence-corrected chi connectivity index (χ4v) is 2.40. The van der Waals surface area contributed by atoms with E-state index in [1.165, 1.54) is 5.56 Å². The van der Waals surface area contributed by atoms with Crippen molar-refractivity contribution in [3.63, 3.8) is 0 Å². The third kappa shape index (κ3) is 3.84. The second-order valence-corrected chi connectivity index (χ2v) is 5.28. The number of hydrogen-bond acceptors (Lipinski definition) is 5. The average molecular weight is 324 g/mol. The van der Waals surface area contributed by atoms with Crippen molar-refractivity contribution >= 4 is 11.6 Å². The highest BCUT2D eigenvalue weighted by Gasteiger charge is 2.09. The molecule has 0 amide bonds. The molecule has 3 rings (SSSR count). The van der Waals surface area contributed by atoms with Gasteiger partial charge in [-0.1, -0.05) is 30.3 Å². The Morgan fingerprint density at radius 3 is 2.58 bits per heavy atom. The van der Waals surface area contributed by atoms with Gasteiger partial charge in [-0.05, 0) is 24.1 Å². The van der Waals surface area contributed by atoms with E-state index in [2.05, 4.69) is 32.6 Å². The summed E-state index contributed by atoms with van der Waals surface area (Å²) in [4.78, 5) is 4.48. The Hall–Kier alpha value is -3.02. The zero-order valence-corrected chi connectivity index (χ0v) is 13.7. The molecule has 0 bridgehead atoms. The number of ether oxygens (including phenoxy) is 2. The predicted molar refractivity (Wildman–Crippen MR) is 93.1 cm³/mol. The molecule has 0 aliphatic carbocycles. The molecule has 6 nitrogen and oxygen atoms in total. The van der Waals surface area contributed by atoms with Crippen molar-refractivity contribution in [2.75, 3.05) is 19.5 Å². The first-order valence-electron chi connectivity index (χ1n) is 7.72. The van der Waals surface area contributed by atoms with E-state index in [0.29, 0.717) is 11.7 Å². The summed E-state index contributed by atoms with van der Waals surface area (Å²) in [5, 5.41) is 10.3. The lowest BCUT2D eigenvalue weighted by atomic mass is 10.1. The van der Waals surface area contributed by atoms with Crippen LogP contribution in [0.25, 0.3) is 0 Å². The van der Waals surface area contributed by atoms with Gasteiger partial charge in [-0.2, -0.15) is 4.98 Å². The lowest BCUT2D eigenvalue weighted by Crippen LogP contribution is -1.97. The Morgan fingerprint density at radius 2 is 1.83 bits per heavy atom. The number of aromatic amines is 1. The highest BCUT2D eigenvalue weighted by molar-refractivity contribution is 5.64. The summed E-state index contributed by atoms with van der Waals surface area (Å²) >= 11 is 0. The van der Waals surface area contributed by atoms with E-state index in [0.717, 1.165) is 30.1 Å². The quantitative estimate of drug-likeness (QED) is 0.697. The molecule has 0 radical (unpaired) electrons. The van der Waals surface area contributed by atoms with Gasteiger partial charge in [0.05, 0.1) is 19.9 Å². The first-order chi connectivity index (χ1) is 11.8. The summed E-state index contributed by atoms with van der Waals surface area (Å²) in [5.74, 6) is 2.78. The molecule has 0 fully saturated rings. The van der Waals surface area contributed by atoms with Crippen molar-refractivity contribution in [2.45, 2.75) is 12.8 Å². The van der Waals surface area contributed by atoms with Crippen LogP contribution in [0.1, 0.15) is 11.4 Å². The molecule has 0 aliphatic heterocycles. The van der Waals surface area contributed by atoms with Crippen molar-refractivity contribution in [3.05, 3.63) is 59.9 Å². The van der Waals surface area contributed by atoms with Gasteiger partial charge in [0.1, 0.15) is 17.3 Å². The highest BCUT2D eigenvalue weighted by atomic mass is 16.5. The van der Waals surface area contributed by atoms with Crippen LogP contribution in [-0.2, 0) is 12.8 Å². The normalized spacial score (nSPS) is 10.4. The van der Waals surface area contributed by atoms with Crippen LogP contribution in [-0.4, -0.2) is 29.4 Å². The molecule has 24 heavy (non-hydrogen) atoms. The monoisotopic (exact) mass is 324 g/mol. The molecule has 1 aromatic heterocycles. The van der Waals surface area contributed by atoms with Crippen LogP contribution in [0.3, 0.4) is 0 Å². The molecular formula is C18H20N4O2. The van der Waals surface area contributed by atoms with Gasteiger partial charge in [-0.25, -0.2) is 0 Å². The molecule has 3 aromatic rings. The van der Waals surface area contributed by atoms with Crippen molar-refractivity contribution in [1.29, 1.82) is 0 Å². The minimum atomic E-state index is 0.504. The van der Waals surface area contributed by atoms with Gasteiger partial charge in [-0.15, -0.1) is 5.10 Å². The standard InChI is InChI=1S/C18H20N4O2/c1-23-14-9-10-16(24-2)15(12-14)19-18-20-17(21-22-18)11-8-13-6-4-3-5-7-13/h3-7,9-10,12H,8,11H2,1-2H3,(H2,19,20,21,22). The molecule has 0 spiro atoms. The Labute approximate surface area is 140 Å². The van der Waals surface area contributed by atoms with Crippen molar-refractivity contribution in [3.8, 4) is 11.5 Å². The highest BCUT2D eigenvalue weighted by Crippen LogP contribution is 2.30. The van der Waals surface area contributed by atoms with Crippen LogP contribution in [0.2, 0.25) is 0 Å². The molecule has 2 aromatic carbocycles. The smallest absolute Gasteiger partial charge is 0.246 e. The fourth-order valence-electron chi connectivity index (χ4n) is 2.40. The zero-order valence-electron chi connectivity index (χ0n) is 13.7. The second kappa shape index (κ2) is 7.50. The Balaban J connectivity index is 1.68. The first-order valence-corrected chi connectivity index (χ1v) is 7.72. The van der Waals surface area contributed by atoms with Crippen LogP contribution in [0.15, 0.2) is 48.5 Å². The Bertz CT molecular complexity index is 787. The first kappa shape index (κ1) is 15.9. The maximum Gasteiger partial charge on any atom is 0.246 e.